The minimum absolute atomic E-state index is 0.139. The molecule has 15 heavy (non-hydrogen) atoms. The van der Waals surface area contributed by atoms with Crippen molar-refractivity contribution in [2.75, 3.05) is 12.4 Å². The van der Waals surface area contributed by atoms with Gasteiger partial charge >= 0.3 is 0 Å². The van der Waals surface area contributed by atoms with E-state index in [1.54, 1.807) is 12.1 Å². The van der Waals surface area contributed by atoms with Gasteiger partial charge in [0.25, 0.3) is 10.1 Å². The van der Waals surface area contributed by atoms with Gasteiger partial charge in [0.05, 0.1) is 12.4 Å². The molecule has 1 aromatic rings. The Morgan fingerprint density at radius 2 is 1.80 bits per heavy atom. The van der Waals surface area contributed by atoms with Crippen molar-refractivity contribution in [1.82, 2.24) is 0 Å². The van der Waals surface area contributed by atoms with Crippen LogP contribution in [0, 0.1) is 0 Å². The first-order valence-corrected chi connectivity index (χ1v) is 5.95. The summed E-state index contributed by atoms with van der Waals surface area (Å²) in [5, 5.41) is 8.97. The summed E-state index contributed by atoms with van der Waals surface area (Å²) in [6.45, 7) is 0.199. The fourth-order valence-electron chi connectivity index (χ4n) is 0.974. The van der Waals surface area contributed by atoms with E-state index in [0.717, 1.165) is 0 Å². The zero-order chi connectivity index (χ0) is 11.3. The van der Waals surface area contributed by atoms with Gasteiger partial charge in [-0.2, -0.15) is 8.42 Å². The van der Waals surface area contributed by atoms with Gasteiger partial charge in [-0.05, 0) is 30.7 Å². The highest BCUT2D eigenvalue weighted by Crippen LogP contribution is 2.15. The molecular formula is C9H12O5S. The molecule has 0 spiro atoms. The standard InChI is InChI=1S/C9H12O5S/c10-8-2-4-9(5-3-8)14-6-1-7-15(11,12)13/h2-5,10H,1,6-7H2,(H,11,12,13). The lowest BCUT2D eigenvalue weighted by atomic mass is 10.3. The topological polar surface area (TPSA) is 83.8 Å². The van der Waals surface area contributed by atoms with Crippen LogP contribution in [0.5, 0.6) is 11.5 Å². The summed E-state index contributed by atoms with van der Waals surface area (Å²) in [5.74, 6) is 0.369. The summed E-state index contributed by atoms with van der Waals surface area (Å²) in [4.78, 5) is 0. The fourth-order valence-corrected chi connectivity index (χ4v) is 1.46. The second-order valence-corrected chi connectivity index (χ2v) is 4.55. The number of hydrogen-bond donors (Lipinski definition) is 2. The van der Waals surface area contributed by atoms with Crippen LogP contribution < -0.4 is 4.74 Å². The summed E-state index contributed by atoms with van der Waals surface area (Å²) >= 11 is 0. The molecule has 6 heteroatoms. The fraction of sp³-hybridized carbons (Fsp3) is 0.333. The van der Waals surface area contributed by atoms with E-state index in [-0.39, 0.29) is 24.5 Å². The van der Waals surface area contributed by atoms with Crippen LogP contribution in [0.15, 0.2) is 24.3 Å². The van der Waals surface area contributed by atoms with E-state index in [9.17, 15) is 8.42 Å². The molecule has 0 aliphatic rings. The van der Waals surface area contributed by atoms with Crippen molar-refractivity contribution in [2.24, 2.45) is 0 Å². The third-order valence-corrected chi connectivity index (χ3v) is 2.46. The molecule has 1 rings (SSSR count). The number of aromatic hydroxyl groups is 1. The van der Waals surface area contributed by atoms with Crippen LogP contribution in [0.2, 0.25) is 0 Å². The Bertz CT molecular complexity index is 395. The maximum Gasteiger partial charge on any atom is 0.264 e. The summed E-state index contributed by atoms with van der Waals surface area (Å²) in [5.41, 5.74) is 0. The van der Waals surface area contributed by atoms with Gasteiger partial charge in [-0.1, -0.05) is 0 Å². The molecule has 0 aliphatic carbocycles. The van der Waals surface area contributed by atoms with Crippen LogP contribution in [0.3, 0.4) is 0 Å². The van der Waals surface area contributed by atoms with Crippen molar-refractivity contribution in [3.63, 3.8) is 0 Å². The van der Waals surface area contributed by atoms with Gasteiger partial charge in [0, 0.05) is 0 Å². The first kappa shape index (κ1) is 11.8. The number of benzene rings is 1. The van der Waals surface area contributed by atoms with Crippen molar-refractivity contribution in [3.8, 4) is 11.5 Å². The second-order valence-electron chi connectivity index (χ2n) is 2.98. The van der Waals surface area contributed by atoms with Gasteiger partial charge in [-0.3, -0.25) is 4.55 Å². The molecule has 0 radical (unpaired) electrons. The Morgan fingerprint density at radius 3 is 2.33 bits per heavy atom. The number of rotatable bonds is 5. The molecule has 84 valence electrons. The SMILES string of the molecule is O=S(=O)(O)CCCOc1ccc(O)cc1. The van der Waals surface area contributed by atoms with Gasteiger partial charge in [0.15, 0.2) is 0 Å². The average molecular weight is 232 g/mol. The minimum Gasteiger partial charge on any atom is -0.508 e. The Morgan fingerprint density at radius 1 is 1.20 bits per heavy atom. The normalized spacial score (nSPS) is 11.3. The van der Waals surface area contributed by atoms with Gasteiger partial charge < -0.3 is 9.84 Å². The molecule has 0 unspecified atom stereocenters. The smallest absolute Gasteiger partial charge is 0.264 e. The molecule has 0 saturated heterocycles. The van der Waals surface area contributed by atoms with Crippen LogP contribution in [0.25, 0.3) is 0 Å². The lowest BCUT2D eigenvalue weighted by Gasteiger charge is -2.04. The Hall–Kier alpha value is -1.27. The summed E-state index contributed by atoms with van der Waals surface area (Å²) in [7, 11) is -3.91. The molecule has 0 bridgehead atoms. The maximum atomic E-state index is 10.4. The molecular weight excluding hydrogens is 220 g/mol. The second kappa shape index (κ2) is 4.99. The van der Waals surface area contributed by atoms with E-state index < -0.39 is 10.1 Å². The van der Waals surface area contributed by atoms with Gasteiger partial charge in [-0.25, -0.2) is 0 Å². The first-order valence-electron chi connectivity index (χ1n) is 4.34. The molecule has 0 fully saturated rings. The number of ether oxygens (including phenoxy) is 1. The predicted molar refractivity (Wildman–Crippen MR) is 54.6 cm³/mol. The Labute approximate surface area is 88.1 Å². The third-order valence-electron chi connectivity index (χ3n) is 1.65. The lowest BCUT2D eigenvalue weighted by molar-refractivity contribution is 0.315. The zero-order valence-corrected chi connectivity index (χ0v) is 8.77. The summed E-state index contributed by atoms with van der Waals surface area (Å²) in [6, 6.07) is 6.09. The van der Waals surface area contributed by atoms with E-state index in [0.29, 0.717) is 5.75 Å². The van der Waals surface area contributed by atoms with Crippen LogP contribution in [-0.2, 0) is 10.1 Å². The molecule has 5 nitrogen and oxygen atoms in total. The van der Waals surface area contributed by atoms with E-state index >= 15 is 0 Å². The molecule has 0 aliphatic heterocycles. The van der Waals surface area contributed by atoms with Crippen LogP contribution in [-0.4, -0.2) is 30.4 Å². The quantitative estimate of drug-likeness (QED) is 0.585. The highest BCUT2D eigenvalue weighted by atomic mass is 32.2. The number of phenolic OH excluding ortho intramolecular Hbond substituents is 1. The van der Waals surface area contributed by atoms with Crippen molar-refractivity contribution >= 4 is 10.1 Å². The van der Waals surface area contributed by atoms with Gasteiger partial charge in [0.1, 0.15) is 11.5 Å². The van der Waals surface area contributed by atoms with E-state index in [2.05, 4.69) is 0 Å². The highest BCUT2D eigenvalue weighted by molar-refractivity contribution is 7.85. The third kappa shape index (κ3) is 5.24. The van der Waals surface area contributed by atoms with Crippen LogP contribution in [0.4, 0.5) is 0 Å². The number of hydrogen-bond acceptors (Lipinski definition) is 4. The monoisotopic (exact) mass is 232 g/mol. The van der Waals surface area contributed by atoms with Crippen molar-refractivity contribution in [3.05, 3.63) is 24.3 Å². The van der Waals surface area contributed by atoms with Crippen molar-refractivity contribution in [2.45, 2.75) is 6.42 Å². The number of phenols is 1. The molecule has 2 N–H and O–H groups in total. The lowest BCUT2D eigenvalue weighted by Crippen LogP contribution is -2.08. The molecule has 0 aromatic heterocycles. The highest BCUT2D eigenvalue weighted by Gasteiger charge is 2.03. The zero-order valence-electron chi connectivity index (χ0n) is 7.96. The van der Waals surface area contributed by atoms with Crippen LogP contribution in [0.1, 0.15) is 6.42 Å². The van der Waals surface area contributed by atoms with Crippen molar-refractivity contribution < 1.29 is 22.8 Å². The van der Waals surface area contributed by atoms with E-state index in [1.165, 1.54) is 12.1 Å². The van der Waals surface area contributed by atoms with Crippen LogP contribution >= 0.6 is 0 Å². The molecule has 0 atom stereocenters. The van der Waals surface area contributed by atoms with E-state index in [1.807, 2.05) is 0 Å². The summed E-state index contributed by atoms with van der Waals surface area (Å²) < 4.78 is 34.3. The van der Waals surface area contributed by atoms with E-state index in [4.69, 9.17) is 14.4 Å². The first-order chi connectivity index (χ1) is 6.97. The van der Waals surface area contributed by atoms with Gasteiger partial charge in [-0.15, -0.1) is 0 Å². The Balaban J connectivity index is 2.29. The molecule has 0 heterocycles. The average Bonchev–Trinajstić information content (AvgIpc) is 2.14. The Kier molecular flexibility index (Phi) is 3.93. The maximum absolute atomic E-state index is 10.4. The molecule has 0 amide bonds. The van der Waals surface area contributed by atoms with Crippen molar-refractivity contribution in [1.29, 1.82) is 0 Å². The predicted octanol–water partition coefficient (Wildman–Crippen LogP) is 1.05. The molecule has 1 aromatic carbocycles. The largest absolute Gasteiger partial charge is 0.508 e. The minimum atomic E-state index is -3.91. The molecule has 0 saturated carbocycles. The van der Waals surface area contributed by atoms with Gasteiger partial charge in [0.2, 0.25) is 0 Å². The summed E-state index contributed by atoms with van der Waals surface area (Å²) in [6.07, 6.45) is 0.222.